The Bertz CT molecular complexity index is 578. The van der Waals surface area contributed by atoms with Crippen LogP contribution in [0.2, 0.25) is 0 Å². The van der Waals surface area contributed by atoms with Gasteiger partial charge in [0, 0.05) is 30.6 Å². The standard InChI is InChI=1S/C16H21N5/c1-12-20-15(14-4-7-17-8-5-14)9-16(21-12)19-11-13-3-2-6-18-10-13/h4-5,7-9,13,18H,2-3,6,10-11H2,1H3,(H,19,20,21). The van der Waals surface area contributed by atoms with E-state index < -0.39 is 0 Å². The number of nitrogens with zero attached hydrogens (tertiary/aromatic N) is 3. The van der Waals surface area contributed by atoms with Crippen LogP contribution >= 0.6 is 0 Å². The van der Waals surface area contributed by atoms with E-state index in [1.807, 2.05) is 25.1 Å². The molecule has 5 heteroatoms. The fourth-order valence-corrected chi connectivity index (χ4v) is 2.68. The quantitative estimate of drug-likeness (QED) is 0.901. The molecule has 2 aromatic heterocycles. The van der Waals surface area contributed by atoms with Gasteiger partial charge in [-0.15, -0.1) is 0 Å². The number of aromatic nitrogens is 3. The van der Waals surface area contributed by atoms with Crippen molar-refractivity contribution in [3.63, 3.8) is 0 Å². The van der Waals surface area contributed by atoms with Gasteiger partial charge in [0.15, 0.2) is 0 Å². The minimum Gasteiger partial charge on any atom is -0.370 e. The molecule has 1 unspecified atom stereocenters. The molecule has 0 aliphatic carbocycles. The van der Waals surface area contributed by atoms with E-state index in [4.69, 9.17) is 0 Å². The van der Waals surface area contributed by atoms with Crippen molar-refractivity contribution in [1.82, 2.24) is 20.3 Å². The van der Waals surface area contributed by atoms with Gasteiger partial charge in [-0.3, -0.25) is 4.98 Å². The Kier molecular flexibility index (Phi) is 4.40. The van der Waals surface area contributed by atoms with Gasteiger partial charge in [-0.25, -0.2) is 9.97 Å². The molecule has 1 aliphatic rings. The summed E-state index contributed by atoms with van der Waals surface area (Å²) in [5.74, 6) is 2.37. The molecule has 0 spiro atoms. The summed E-state index contributed by atoms with van der Waals surface area (Å²) >= 11 is 0. The van der Waals surface area contributed by atoms with Gasteiger partial charge in [0.1, 0.15) is 11.6 Å². The third-order valence-electron chi connectivity index (χ3n) is 3.78. The fourth-order valence-electron chi connectivity index (χ4n) is 2.68. The highest BCUT2D eigenvalue weighted by Crippen LogP contribution is 2.19. The molecule has 2 aromatic rings. The van der Waals surface area contributed by atoms with Crippen LogP contribution < -0.4 is 10.6 Å². The minimum absolute atomic E-state index is 0.679. The summed E-state index contributed by atoms with van der Waals surface area (Å²) < 4.78 is 0. The second kappa shape index (κ2) is 6.63. The van der Waals surface area contributed by atoms with Gasteiger partial charge in [0.05, 0.1) is 5.69 Å². The molecule has 1 fully saturated rings. The van der Waals surface area contributed by atoms with Crippen LogP contribution in [0.5, 0.6) is 0 Å². The summed E-state index contributed by atoms with van der Waals surface area (Å²) in [7, 11) is 0. The number of pyridine rings is 1. The van der Waals surface area contributed by atoms with Gasteiger partial charge in [0.2, 0.25) is 0 Å². The number of piperidine rings is 1. The van der Waals surface area contributed by atoms with Crippen molar-refractivity contribution in [3.05, 3.63) is 36.4 Å². The van der Waals surface area contributed by atoms with Crippen LogP contribution in [-0.4, -0.2) is 34.6 Å². The largest absolute Gasteiger partial charge is 0.370 e. The Morgan fingerprint density at radius 1 is 1.29 bits per heavy atom. The zero-order valence-electron chi connectivity index (χ0n) is 12.3. The molecule has 0 bridgehead atoms. The van der Waals surface area contributed by atoms with Crippen LogP contribution in [-0.2, 0) is 0 Å². The normalized spacial score (nSPS) is 18.4. The number of hydrogen-bond donors (Lipinski definition) is 2. The molecule has 3 rings (SSSR count). The van der Waals surface area contributed by atoms with Crippen molar-refractivity contribution in [2.24, 2.45) is 5.92 Å². The number of nitrogens with one attached hydrogen (secondary N) is 2. The van der Waals surface area contributed by atoms with E-state index in [-0.39, 0.29) is 0 Å². The van der Waals surface area contributed by atoms with Crippen LogP contribution in [0.4, 0.5) is 5.82 Å². The topological polar surface area (TPSA) is 62.7 Å². The maximum absolute atomic E-state index is 4.51. The molecule has 2 N–H and O–H groups in total. The summed E-state index contributed by atoms with van der Waals surface area (Å²) in [5.41, 5.74) is 2.01. The zero-order chi connectivity index (χ0) is 14.5. The third kappa shape index (κ3) is 3.76. The van der Waals surface area contributed by atoms with E-state index in [2.05, 4.69) is 25.6 Å². The van der Waals surface area contributed by atoms with Crippen molar-refractivity contribution in [2.75, 3.05) is 25.0 Å². The molecule has 0 radical (unpaired) electrons. The Morgan fingerprint density at radius 2 is 2.14 bits per heavy atom. The van der Waals surface area contributed by atoms with Gasteiger partial charge in [-0.05, 0) is 50.9 Å². The summed E-state index contributed by atoms with van der Waals surface area (Å²) in [6.45, 7) is 5.13. The van der Waals surface area contributed by atoms with Crippen LogP contribution in [0, 0.1) is 12.8 Å². The first-order valence-electron chi connectivity index (χ1n) is 7.52. The zero-order valence-corrected chi connectivity index (χ0v) is 12.3. The minimum atomic E-state index is 0.679. The van der Waals surface area contributed by atoms with Gasteiger partial charge in [0.25, 0.3) is 0 Å². The monoisotopic (exact) mass is 283 g/mol. The summed E-state index contributed by atoms with van der Waals surface area (Å²) in [6, 6.07) is 5.95. The highest BCUT2D eigenvalue weighted by Gasteiger charge is 2.13. The molecule has 1 saturated heterocycles. The molecule has 5 nitrogen and oxygen atoms in total. The lowest BCUT2D eigenvalue weighted by molar-refractivity contribution is 0.392. The van der Waals surface area contributed by atoms with Crippen molar-refractivity contribution in [2.45, 2.75) is 19.8 Å². The first-order valence-corrected chi connectivity index (χ1v) is 7.52. The van der Waals surface area contributed by atoms with Crippen LogP contribution in [0.3, 0.4) is 0 Å². The highest BCUT2D eigenvalue weighted by atomic mass is 15.0. The summed E-state index contributed by atoms with van der Waals surface area (Å²) in [6.07, 6.45) is 6.11. The predicted octanol–water partition coefficient (Wildman–Crippen LogP) is 2.26. The molecule has 1 atom stereocenters. The van der Waals surface area contributed by atoms with E-state index in [0.717, 1.165) is 42.5 Å². The van der Waals surface area contributed by atoms with Crippen molar-refractivity contribution < 1.29 is 0 Å². The van der Waals surface area contributed by atoms with Crippen LogP contribution in [0.1, 0.15) is 18.7 Å². The SMILES string of the molecule is Cc1nc(NCC2CCCNC2)cc(-c2ccncc2)n1. The number of anilines is 1. The van der Waals surface area contributed by atoms with Crippen molar-refractivity contribution in [3.8, 4) is 11.3 Å². The van der Waals surface area contributed by atoms with E-state index in [0.29, 0.717) is 5.92 Å². The Morgan fingerprint density at radius 3 is 2.90 bits per heavy atom. The molecule has 1 aliphatic heterocycles. The predicted molar refractivity (Wildman–Crippen MR) is 84.1 cm³/mol. The van der Waals surface area contributed by atoms with E-state index in [1.54, 1.807) is 12.4 Å². The van der Waals surface area contributed by atoms with Gasteiger partial charge < -0.3 is 10.6 Å². The number of rotatable bonds is 4. The highest BCUT2D eigenvalue weighted by molar-refractivity contribution is 5.61. The van der Waals surface area contributed by atoms with Crippen molar-refractivity contribution >= 4 is 5.82 Å². The first kappa shape index (κ1) is 13.9. The van der Waals surface area contributed by atoms with Crippen molar-refractivity contribution in [1.29, 1.82) is 0 Å². The second-order valence-corrected chi connectivity index (χ2v) is 5.51. The average Bonchev–Trinajstić information content (AvgIpc) is 2.54. The number of hydrogen-bond acceptors (Lipinski definition) is 5. The Labute approximate surface area is 125 Å². The van der Waals surface area contributed by atoms with Gasteiger partial charge >= 0.3 is 0 Å². The van der Waals surface area contributed by atoms with Crippen LogP contribution in [0.25, 0.3) is 11.3 Å². The number of aryl methyl sites for hydroxylation is 1. The third-order valence-corrected chi connectivity index (χ3v) is 3.78. The maximum Gasteiger partial charge on any atom is 0.130 e. The molecule has 110 valence electrons. The Balaban J connectivity index is 1.72. The van der Waals surface area contributed by atoms with Gasteiger partial charge in [-0.1, -0.05) is 0 Å². The van der Waals surface area contributed by atoms with Crippen LogP contribution in [0.15, 0.2) is 30.6 Å². The second-order valence-electron chi connectivity index (χ2n) is 5.51. The molecular formula is C16H21N5. The Hall–Kier alpha value is -2.01. The first-order chi connectivity index (χ1) is 10.3. The molecule has 3 heterocycles. The molecular weight excluding hydrogens is 262 g/mol. The smallest absolute Gasteiger partial charge is 0.130 e. The fraction of sp³-hybridized carbons (Fsp3) is 0.438. The van der Waals surface area contributed by atoms with E-state index >= 15 is 0 Å². The lowest BCUT2D eigenvalue weighted by Crippen LogP contribution is -2.33. The summed E-state index contributed by atoms with van der Waals surface area (Å²) in [5, 5.41) is 6.90. The molecule has 0 amide bonds. The molecule has 0 aromatic carbocycles. The lowest BCUT2D eigenvalue weighted by Gasteiger charge is -2.23. The summed E-state index contributed by atoms with van der Waals surface area (Å²) in [4.78, 5) is 13.0. The molecule has 0 saturated carbocycles. The lowest BCUT2D eigenvalue weighted by atomic mass is 10.00. The maximum atomic E-state index is 4.51. The van der Waals surface area contributed by atoms with Gasteiger partial charge in [-0.2, -0.15) is 0 Å². The molecule has 21 heavy (non-hydrogen) atoms. The van der Waals surface area contributed by atoms with E-state index in [9.17, 15) is 0 Å². The average molecular weight is 283 g/mol. The van der Waals surface area contributed by atoms with E-state index in [1.165, 1.54) is 12.8 Å².